The van der Waals surface area contributed by atoms with E-state index in [1.807, 2.05) is 6.92 Å². The van der Waals surface area contributed by atoms with Crippen LogP contribution in [0.2, 0.25) is 0 Å². The van der Waals surface area contributed by atoms with Crippen molar-refractivity contribution < 1.29 is 9.59 Å². The first-order valence-electron chi connectivity index (χ1n) is 5.55. The zero-order valence-electron chi connectivity index (χ0n) is 9.03. The fraction of sp³-hybridized carbons (Fsp3) is 0.800. The third-order valence-electron chi connectivity index (χ3n) is 3.09. The quantitative estimate of drug-likeness (QED) is 0.655. The second-order valence-corrected chi connectivity index (χ2v) is 4.06. The van der Waals surface area contributed by atoms with Gasteiger partial charge >= 0.3 is 6.03 Å². The highest BCUT2D eigenvalue weighted by Crippen LogP contribution is 2.18. The van der Waals surface area contributed by atoms with Gasteiger partial charge in [-0.15, -0.1) is 0 Å². The topological polar surface area (TPSA) is 52.7 Å². The van der Waals surface area contributed by atoms with E-state index in [1.54, 1.807) is 4.90 Å². The van der Waals surface area contributed by atoms with E-state index in [-0.39, 0.29) is 24.5 Å². The number of rotatable bonds is 2. The lowest BCUT2D eigenvalue weighted by Gasteiger charge is -2.29. The van der Waals surface area contributed by atoms with Gasteiger partial charge < -0.3 is 10.2 Å². The van der Waals surface area contributed by atoms with Crippen molar-refractivity contribution in [3.8, 4) is 0 Å². The average molecular weight is 211 g/mol. The second-order valence-electron chi connectivity index (χ2n) is 4.06. The van der Waals surface area contributed by atoms with Gasteiger partial charge in [-0.25, -0.2) is 4.79 Å². The predicted molar refractivity (Wildman–Crippen MR) is 55.4 cm³/mol. The number of nitrogens with zero attached hydrogens (tertiary/aromatic N) is 2. The molecule has 0 aliphatic carbocycles. The molecule has 2 aliphatic heterocycles. The standard InChI is InChI=1S/C10H17N3O2/c1-2-12-7-9(14)13(10(12)15)8-4-3-5-11-6-8/h8,11H,2-7H2,1H3. The second kappa shape index (κ2) is 4.18. The van der Waals surface area contributed by atoms with Crippen LogP contribution >= 0.6 is 0 Å². The molecule has 5 heteroatoms. The van der Waals surface area contributed by atoms with Crippen LogP contribution in [0, 0.1) is 0 Å². The van der Waals surface area contributed by atoms with Crippen molar-refractivity contribution in [3.63, 3.8) is 0 Å². The number of likely N-dealkylation sites (N-methyl/N-ethyl adjacent to an activating group) is 1. The van der Waals surface area contributed by atoms with Crippen molar-refractivity contribution in [2.75, 3.05) is 26.2 Å². The van der Waals surface area contributed by atoms with Crippen molar-refractivity contribution in [3.05, 3.63) is 0 Å². The molecule has 2 aliphatic rings. The number of urea groups is 1. The van der Waals surface area contributed by atoms with Crippen molar-refractivity contribution in [2.45, 2.75) is 25.8 Å². The van der Waals surface area contributed by atoms with Gasteiger partial charge in [0.1, 0.15) is 6.54 Å². The fourth-order valence-electron chi connectivity index (χ4n) is 2.23. The Morgan fingerprint density at radius 1 is 1.47 bits per heavy atom. The van der Waals surface area contributed by atoms with Crippen molar-refractivity contribution in [1.82, 2.24) is 15.1 Å². The first-order chi connectivity index (χ1) is 7.24. The van der Waals surface area contributed by atoms with Gasteiger partial charge in [-0.3, -0.25) is 9.69 Å². The normalized spacial score (nSPS) is 27.7. The van der Waals surface area contributed by atoms with Gasteiger partial charge in [0.15, 0.2) is 0 Å². The zero-order valence-corrected chi connectivity index (χ0v) is 9.03. The van der Waals surface area contributed by atoms with Crippen LogP contribution in [0.3, 0.4) is 0 Å². The molecule has 0 saturated carbocycles. The van der Waals surface area contributed by atoms with Crippen LogP contribution in [0.4, 0.5) is 4.79 Å². The summed E-state index contributed by atoms with van der Waals surface area (Å²) in [5.74, 6) is -0.0458. The molecule has 2 heterocycles. The number of nitrogens with one attached hydrogen (secondary N) is 1. The maximum absolute atomic E-state index is 11.8. The molecule has 3 amide bonds. The molecule has 0 aromatic carbocycles. The zero-order chi connectivity index (χ0) is 10.8. The summed E-state index contributed by atoms with van der Waals surface area (Å²) in [4.78, 5) is 26.6. The smallest absolute Gasteiger partial charge is 0.315 e. The predicted octanol–water partition coefficient (Wildman–Crippen LogP) is 0.0225. The van der Waals surface area contributed by atoms with Gasteiger partial charge in [0.25, 0.3) is 5.91 Å². The third kappa shape index (κ3) is 1.84. The number of carbonyl (C=O) groups is 2. The highest BCUT2D eigenvalue weighted by Gasteiger charge is 2.39. The van der Waals surface area contributed by atoms with Crippen LogP contribution in [0.1, 0.15) is 19.8 Å². The summed E-state index contributed by atoms with van der Waals surface area (Å²) in [7, 11) is 0. The Morgan fingerprint density at radius 3 is 2.80 bits per heavy atom. The molecule has 2 rings (SSSR count). The maximum atomic E-state index is 11.8. The van der Waals surface area contributed by atoms with Gasteiger partial charge in [0, 0.05) is 13.1 Å². The largest absolute Gasteiger partial charge is 0.327 e. The van der Waals surface area contributed by atoms with Crippen molar-refractivity contribution >= 4 is 11.9 Å². The van der Waals surface area contributed by atoms with Gasteiger partial charge in [0.05, 0.1) is 6.04 Å². The van der Waals surface area contributed by atoms with Crippen LogP contribution in [-0.4, -0.2) is 54.0 Å². The average Bonchev–Trinajstić information content (AvgIpc) is 2.55. The summed E-state index contributed by atoms with van der Waals surface area (Å²) in [6.45, 7) is 4.50. The first kappa shape index (κ1) is 10.4. The molecule has 0 aromatic rings. The minimum Gasteiger partial charge on any atom is -0.315 e. The molecule has 0 bridgehead atoms. The minimum atomic E-state index is -0.115. The molecular weight excluding hydrogens is 194 g/mol. The van der Waals surface area contributed by atoms with Gasteiger partial charge in [-0.2, -0.15) is 0 Å². The third-order valence-corrected chi connectivity index (χ3v) is 3.09. The molecule has 0 spiro atoms. The molecule has 1 N–H and O–H groups in total. The molecule has 1 atom stereocenters. The van der Waals surface area contributed by atoms with Gasteiger partial charge in [0.2, 0.25) is 0 Å². The first-order valence-corrected chi connectivity index (χ1v) is 5.55. The van der Waals surface area contributed by atoms with E-state index in [2.05, 4.69) is 5.32 Å². The van der Waals surface area contributed by atoms with Crippen molar-refractivity contribution in [1.29, 1.82) is 0 Å². The monoisotopic (exact) mass is 211 g/mol. The van der Waals surface area contributed by atoms with E-state index in [4.69, 9.17) is 0 Å². The fourth-order valence-corrected chi connectivity index (χ4v) is 2.23. The van der Waals surface area contributed by atoms with E-state index in [1.165, 1.54) is 4.90 Å². The number of hydrogen-bond acceptors (Lipinski definition) is 3. The molecule has 15 heavy (non-hydrogen) atoms. The Hall–Kier alpha value is -1.10. The summed E-state index contributed by atoms with van der Waals surface area (Å²) >= 11 is 0. The molecule has 84 valence electrons. The number of piperidine rings is 1. The van der Waals surface area contributed by atoms with Gasteiger partial charge in [-0.05, 0) is 26.3 Å². The van der Waals surface area contributed by atoms with Gasteiger partial charge in [-0.1, -0.05) is 0 Å². The Balaban J connectivity index is 2.07. The summed E-state index contributed by atoms with van der Waals surface area (Å²) < 4.78 is 0. The Labute approximate surface area is 89.4 Å². The highest BCUT2D eigenvalue weighted by atomic mass is 16.2. The van der Waals surface area contributed by atoms with Crippen LogP contribution in [0.25, 0.3) is 0 Å². The molecule has 2 saturated heterocycles. The Morgan fingerprint density at radius 2 is 2.27 bits per heavy atom. The molecule has 5 nitrogen and oxygen atoms in total. The summed E-state index contributed by atoms with van der Waals surface area (Å²) in [6, 6.07) is -0.0495. The van der Waals surface area contributed by atoms with Crippen LogP contribution in [0.15, 0.2) is 0 Å². The van der Waals surface area contributed by atoms with Crippen molar-refractivity contribution in [2.24, 2.45) is 0 Å². The lowest BCUT2D eigenvalue weighted by atomic mass is 10.1. The van der Waals surface area contributed by atoms with E-state index >= 15 is 0 Å². The Kier molecular flexibility index (Phi) is 2.90. The van der Waals surface area contributed by atoms with E-state index in [0.717, 1.165) is 25.9 Å². The minimum absolute atomic E-state index is 0.0458. The highest BCUT2D eigenvalue weighted by molar-refractivity contribution is 6.02. The lowest BCUT2D eigenvalue weighted by Crippen LogP contribution is -2.49. The SMILES string of the molecule is CCN1CC(=O)N(C2CCCNC2)C1=O. The molecule has 1 unspecified atom stereocenters. The Bertz CT molecular complexity index is 274. The summed E-state index contributed by atoms with van der Waals surface area (Å²) in [5.41, 5.74) is 0. The number of carbonyl (C=O) groups excluding carboxylic acids is 2. The summed E-state index contributed by atoms with van der Waals surface area (Å²) in [5, 5.41) is 3.22. The summed E-state index contributed by atoms with van der Waals surface area (Å²) in [6.07, 6.45) is 1.97. The molecule has 0 aromatic heterocycles. The number of imide groups is 1. The van der Waals surface area contributed by atoms with E-state index < -0.39 is 0 Å². The number of amides is 3. The van der Waals surface area contributed by atoms with E-state index in [9.17, 15) is 9.59 Å². The van der Waals surface area contributed by atoms with Crippen LogP contribution < -0.4 is 5.32 Å². The molecule has 2 fully saturated rings. The maximum Gasteiger partial charge on any atom is 0.327 e. The molecule has 0 radical (unpaired) electrons. The number of hydrogen-bond donors (Lipinski definition) is 1. The van der Waals surface area contributed by atoms with Crippen LogP contribution in [0.5, 0.6) is 0 Å². The van der Waals surface area contributed by atoms with E-state index in [0.29, 0.717) is 6.54 Å². The lowest BCUT2D eigenvalue weighted by molar-refractivity contribution is -0.127. The molecular formula is C10H17N3O2. The van der Waals surface area contributed by atoms with Crippen LogP contribution in [-0.2, 0) is 4.79 Å².